The van der Waals surface area contributed by atoms with Crippen LogP contribution in [0.25, 0.3) is 0 Å². The van der Waals surface area contributed by atoms with Crippen molar-refractivity contribution < 1.29 is 9.90 Å². The minimum atomic E-state index is -0.884. The molecule has 2 rings (SSSR count). The third-order valence-electron chi connectivity index (χ3n) is 2.72. The summed E-state index contributed by atoms with van der Waals surface area (Å²) in [5.74, 6) is -0.884. The SMILES string of the molecule is NC(CC(=O)O)c1cccc(N2C=NCC2)c1. The number of nitrogens with zero attached hydrogens (tertiary/aromatic N) is 2. The van der Waals surface area contributed by atoms with Crippen molar-refractivity contribution in [2.24, 2.45) is 10.7 Å². The van der Waals surface area contributed by atoms with E-state index in [-0.39, 0.29) is 6.42 Å². The third-order valence-corrected chi connectivity index (χ3v) is 2.72. The van der Waals surface area contributed by atoms with Crippen LogP contribution in [0.4, 0.5) is 5.69 Å². The first-order chi connectivity index (χ1) is 8.16. The van der Waals surface area contributed by atoms with Crippen molar-refractivity contribution in [3.8, 4) is 0 Å². The molecule has 1 aromatic rings. The molecule has 1 atom stereocenters. The Morgan fingerprint density at radius 3 is 3.06 bits per heavy atom. The Morgan fingerprint density at radius 1 is 1.59 bits per heavy atom. The number of carbonyl (C=O) groups is 1. The molecule has 0 saturated heterocycles. The maximum absolute atomic E-state index is 10.6. The zero-order chi connectivity index (χ0) is 12.3. The fourth-order valence-corrected chi connectivity index (χ4v) is 1.82. The Bertz CT molecular complexity index is 445. The number of carboxylic acids is 1. The van der Waals surface area contributed by atoms with Gasteiger partial charge in [-0.1, -0.05) is 12.1 Å². The number of hydrogen-bond donors (Lipinski definition) is 2. The van der Waals surface area contributed by atoms with E-state index in [9.17, 15) is 4.79 Å². The molecule has 5 heteroatoms. The summed E-state index contributed by atoms with van der Waals surface area (Å²) in [5, 5.41) is 8.71. The molecule has 0 fully saturated rings. The van der Waals surface area contributed by atoms with Crippen molar-refractivity contribution in [1.82, 2.24) is 0 Å². The standard InChI is InChI=1S/C12H15N3O2/c13-11(7-12(16)17)9-2-1-3-10(6-9)15-5-4-14-8-15/h1-3,6,8,11H,4-5,7,13H2,(H,16,17). The lowest BCUT2D eigenvalue weighted by molar-refractivity contribution is -0.137. The summed E-state index contributed by atoms with van der Waals surface area (Å²) in [4.78, 5) is 16.8. The van der Waals surface area contributed by atoms with Gasteiger partial charge in [-0.2, -0.15) is 0 Å². The van der Waals surface area contributed by atoms with Crippen molar-refractivity contribution in [1.29, 1.82) is 0 Å². The van der Waals surface area contributed by atoms with Gasteiger partial charge < -0.3 is 15.7 Å². The molecule has 0 bridgehead atoms. The first-order valence-electron chi connectivity index (χ1n) is 5.51. The first-order valence-corrected chi connectivity index (χ1v) is 5.51. The smallest absolute Gasteiger partial charge is 0.305 e. The molecule has 0 spiro atoms. The van der Waals surface area contributed by atoms with Gasteiger partial charge in [-0.25, -0.2) is 0 Å². The van der Waals surface area contributed by atoms with Gasteiger partial charge in [-0.15, -0.1) is 0 Å². The summed E-state index contributed by atoms with van der Waals surface area (Å²) in [6, 6.07) is 7.16. The lowest BCUT2D eigenvalue weighted by Gasteiger charge is -2.17. The minimum absolute atomic E-state index is 0.0580. The number of anilines is 1. The molecule has 1 heterocycles. The summed E-state index contributed by atoms with van der Waals surface area (Å²) < 4.78 is 0. The average Bonchev–Trinajstić information content (AvgIpc) is 2.82. The van der Waals surface area contributed by atoms with E-state index >= 15 is 0 Å². The van der Waals surface area contributed by atoms with Crippen molar-refractivity contribution in [3.63, 3.8) is 0 Å². The number of aliphatic imine (C=N–C) groups is 1. The summed E-state index contributed by atoms with van der Waals surface area (Å²) in [5.41, 5.74) is 7.67. The van der Waals surface area contributed by atoms with E-state index < -0.39 is 12.0 Å². The fourth-order valence-electron chi connectivity index (χ4n) is 1.82. The second-order valence-electron chi connectivity index (χ2n) is 4.01. The van der Waals surface area contributed by atoms with Crippen LogP contribution in [0.3, 0.4) is 0 Å². The number of benzene rings is 1. The van der Waals surface area contributed by atoms with Crippen LogP contribution in [0.5, 0.6) is 0 Å². The number of rotatable bonds is 4. The van der Waals surface area contributed by atoms with Gasteiger partial charge in [0.05, 0.1) is 19.3 Å². The first kappa shape index (κ1) is 11.6. The van der Waals surface area contributed by atoms with Crippen molar-refractivity contribution in [2.75, 3.05) is 18.0 Å². The van der Waals surface area contributed by atoms with Crippen LogP contribution in [0.15, 0.2) is 29.3 Å². The van der Waals surface area contributed by atoms with E-state index in [1.54, 1.807) is 6.34 Å². The molecule has 1 aliphatic rings. The number of carboxylic acid groups (broad SMARTS) is 1. The largest absolute Gasteiger partial charge is 0.481 e. The van der Waals surface area contributed by atoms with Gasteiger partial charge in [-0.3, -0.25) is 9.79 Å². The van der Waals surface area contributed by atoms with Gasteiger partial charge in [0.25, 0.3) is 0 Å². The maximum atomic E-state index is 10.6. The number of hydrogen-bond acceptors (Lipinski definition) is 4. The van der Waals surface area contributed by atoms with Gasteiger partial charge >= 0.3 is 5.97 Å². The molecule has 1 aliphatic heterocycles. The molecule has 1 unspecified atom stereocenters. The zero-order valence-corrected chi connectivity index (χ0v) is 9.41. The predicted molar refractivity (Wildman–Crippen MR) is 66.3 cm³/mol. The van der Waals surface area contributed by atoms with Gasteiger partial charge in [0, 0.05) is 18.3 Å². The van der Waals surface area contributed by atoms with Crippen LogP contribution in [0.1, 0.15) is 18.0 Å². The zero-order valence-electron chi connectivity index (χ0n) is 9.41. The molecular formula is C12H15N3O2. The predicted octanol–water partition coefficient (Wildman–Crippen LogP) is 1.01. The highest BCUT2D eigenvalue weighted by molar-refractivity contribution is 5.81. The third kappa shape index (κ3) is 2.82. The lowest BCUT2D eigenvalue weighted by atomic mass is 10.0. The van der Waals surface area contributed by atoms with E-state index in [2.05, 4.69) is 4.99 Å². The van der Waals surface area contributed by atoms with Crippen molar-refractivity contribution >= 4 is 18.0 Å². The van der Waals surface area contributed by atoms with Gasteiger partial charge in [0.1, 0.15) is 0 Å². The Hall–Kier alpha value is -1.88. The molecule has 0 aliphatic carbocycles. The van der Waals surface area contributed by atoms with E-state index in [0.717, 1.165) is 24.3 Å². The van der Waals surface area contributed by atoms with Crippen LogP contribution in [-0.4, -0.2) is 30.5 Å². The molecule has 90 valence electrons. The second kappa shape index (κ2) is 4.97. The molecule has 3 N–H and O–H groups in total. The summed E-state index contributed by atoms with van der Waals surface area (Å²) in [7, 11) is 0. The second-order valence-corrected chi connectivity index (χ2v) is 4.01. The van der Waals surface area contributed by atoms with E-state index in [4.69, 9.17) is 10.8 Å². The number of nitrogens with two attached hydrogens (primary N) is 1. The minimum Gasteiger partial charge on any atom is -0.481 e. The highest BCUT2D eigenvalue weighted by Gasteiger charge is 2.13. The van der Waals surface area contributed by atoms with Gasteiger partial charge in [0.2, 0.25) is 0 Å². The van der Waals surface area contributed by atoms with E-state index in [0.29, 0.717) is 0 Å². The quantitative estimate of drug-likeness (QED) is 0.813. The van der Waals surface area contributed by atoms with Gasteiger partial charge in [-0.05, 0) is 17.7 Å². The monoisotopic (exact) mass is 233 g/mol. The highest BCUT2D eigenvalue weighted by atomic mass is 16.4. The van der Waals surface area contributed by atoms with E-state index in [1.165, 1.54) is 0 Å². The topological polar surface area (TPSA) is 78.9 Å². The Labute approximate surface area is 99.6 Å². The maximum Gasteiger partial charge on any atom is 0.305 e. The summed E-state index contributed by atoms with van der Waals surface area (Å²) >= 11 is 0. The molecule has 0 radical (unpaired) electrons. The molecule has 1 aromatic carbocycles. The van der Waals surface area contributed by atoms with Crippen molar-refractivity contribution in [3.05, 3.63) is 29.8 Å². The molecule has 17 heavy (non-hydrogen) atoms. The Balaban J connectivity index is 2.15. The van der Waals surface area contributed by atoms with Gasteiger partial charge in [0.15, 0.2) is 0 Å². The van der Waals surface area contributed by atoms with Crippen LogP contribution in [0, 0.1) is 0 Å². The molecule has 0 amide bonds. The average molecular weight is 233 g/mol. The molecule has 0 saturated carbocycles. The van der Waals surface area contributed by atoms with Crippen molar-refractivity contribution in [2.45, 2.75) is 12.5 Å². The Morgan fingerprint density at radius 2 is 2.41 bits per heavy atom. The molecule has 0 aromatic heterocycles. The fraction of sp³-hybridized carbons (Fsp3) is 0.333. The molecular weight excluding hydrogens is 218 g/mol. The highest BCUT2D eigenvalue weighted by Crippen LogP contribution is 2.21. The van der Waals surface area contributed by atoms with Crippen LogP contribution in [-0.2, 0) is 4.79 Å². The number of aliphatic carboxylic acids is 1. The normalized spacial score (nSPS) is 16.2. The van der Waals surface area contributed by atoms with E-state index in [1.807, 2.05) is 29.2 Å². The molecule has 5 nitrogen and oxygen atoms in total. The van der Waals surface area contributed by atoms with Crippen LogP contribution >= 0.6 is 0 Å². The van der Waals surface area contributed by atoms with Crippen LogP contribution in [0.2, 0.25) is 0 Å². The Kier molecular flexibility index (Phi) is 3.39. The summed E-state index contributed by atoms with van der Waals surface area (Å²) in [6.45, 7) is 1.66. The lowest BCUT2D eigenvalue weighted by Crippen LogP contribution is -2.19. The van der Waals surface area contributed by atoms with Crippen LogP contribution < -0.4 is 10.6 Å². The summed E-state index contributed by atoms with van der Waals surface area (Å²) in [6.07, 6.45) is 1.74.